The molecule has 1 nitrogen and oxygen atoms in total. The predicted octanol–water partition coefficient (Wildman–Crippen LogP) is 5.13. The quantitative estimate of drug-likeness (QED) is 0.806. The van der Waals surface area contributed by atoms with Crippen LogP contribution in [0, 0.1) is 17.3 Å². The maximum absolute atomic E-state index is 10.7. The Morgan fingerprint density at radius 1 is 1.20 bits per heavy atom. The lowest BCUT2D eigenvalue weighted by molar-refractivity contribution is 0.0567. The van der Waals surface area contributed by atoms with Crippen LogP contribution in [0.5, 0.6) is 0 Å². The Hall–Kier alpha value is -0.820. The van der Waals surface area contributed by atoms with Crippen molar-refractivity contribution in [1.29, 1.82) is 0 Å². The van der Waals surface area contributed by atoms with Crippen LogP contribution < -0.4 is 0 Å². The molecule has 0 heterocycles. The van der Waals surface area contributed by atoms with Gasteiger partial charge in [0.25, 0.3) is 0 Å². The zero-order valence-corrected chi connectivity index (χ0v) is 13.5. The van der Waals surface area contributed by atoms with Gasteiger partial charge in [-0.15, -0.1) is 0 Å². The van der Waals surface area contributed by atoms with Crippen molar-refractivity contribution < 1.29 is 5.11 Å². The molecule has 0 saturated heterocycles. The fourth-order valence-corrected chi connectivity index (χ4v) is 3.38. The molecule has 2 rings (SSSR count). The molecule has 1 atom stereocenters. The van der Waals surface area contributed by atoms with Crippen molar-refractivity contribution in [3.05, 3.63) is 35.4 Å². The molecule has 20 heavy (non-hydrogen) atoms. The van der Waals surface area contributed by atoms with Crippen LogP contribution in [-0.2, 0) is 6.42 Å². The molecule has 1 unspecified atom stereocenters. The first-order valence-corrected chi connectivity index (χ1v) is 8.14. The molecule has 0 amide bonds. The topological polar surface area (TPSA) is 20.2 Å². The Bertz CT molecular complexity index is 423. The van der Waals surface area contributed by atoms with E-state index in [0.717, 1.165) is 24.8 Å². The molecule has 112 valence electrons. The molecule has 0 spiro atoms. The van der Waals surface area contributed by atoms with Crippen LogP contribution in [0.2, 0.25) is 0 Å². The highest BCUT2D eigenvalue weighted by Crippen LogP contribution is 2.42. The van der Waals surface area contributed by atoms with Crippen molar-refractivity contribution in [2.45, 2.75) is 65.9 Å². The van der Waals surface area contributed by atoms with Crippen molar-refractivity contribution in [2.75, 3.05) is 0 Å². The van der Waals surface area contributed by atoms with Crippen LogP contribution in [0.1, 0.15) is 70.6 Å². The highest BCUT2D eigenvalue weighted by Gasteiger charge is 2.31. The molecule has 1 saturated carbocycles. The molecule has 1 fully saturated rings. The van der Waals surface area contributed by atoms with Crippen molar-refractivity contribution in [3.8, 4) is 0 Å². The monoisotopic (exact) mass is 274 g/mol. The molecule has 1 aliphatic rings. The summed E-state index contributed by atoms with van der Waals surface area (Å²) in [5, 5.41) is 10.7. The van der Waals surface area contributed by atoms with Gasteiger partial charge in [0.2, 0.25) is 0 Å². The largest absolute Gasteiger partial charge is 0.388 e. The van der Waals surface area contributed by atoms with Crippen LogP contribution in [0.4, 0.5) is 0 Å². The third-order valence-electron chi connectivity index (χ3n) is 4.77. The number of hydrogen-bond donors (Lipinski definition) is 1. The third kappa shape index (κ3) is 4.09. The normalized spacial score (nSPS) is 21.1. The first-order valence-electron chi connectivity index (χ1n) is 8.14. The van der Waals surface area contributed by atoms with Crippen molar-refractivity contribution in [2.24, 2.45) is 17.3 Å². The van der Waals surface area contributed by atoms with Crippen molar-refractivity contribution >= 4 is 0 Å². The molecule has 0 radical (unpaired) electrons. The molecule has 1 aromatic rings. The maximum Gasteiger partial charge on any atom is 0.0818 e. The summed E-state index contributed by atoms with van der Waals surface area (Å²) < 4.78 is 0. The smallest absolute Gasteiger partial charge is 0.0818 e. The van der Waals surface area contributed by atoms with Crippen molar-refractivity contribution in [1.82, 2.24) is 0 Å². The van der Waals surface area contributed by atoms with E-state index in [4.69, 9.17) is 0 Å². The van der Waals surface area contributed by atoms with E-state index in [1.165, 1.54) is 18.4 Å². The zero-order valence-electron chi connectivity index (χ0n) is 13.5. The molecule has 0 aliphatic heterocycles. The Morgan fingerprint density at radius 2 is 1.85 bits per heavy atom. The molecule has 1 aromatic carbocycles. The number of rotatable bonds is 4. The van der Waals surface area contributed by atoms with Gasteiger partial charge in [0.1, 0.15) is 0 Å². The zero-order chi connectivity index (χ0) is 14.8. The summed E-state index contributed by atoms with van der Waals surface area (Å²) in [6, 6.07) is 8.59. The summed E-state index contributed by atoms with van der Waals surface area (Å²) in [5.74, 6) is 1.11. The molecular formula is C19H30O. The first kappa shape index (κ1) is 15.6. The summed E-state index contributed by atoms with van der Waals surface area (Å²) in [4.78, 5) is 0. The summed E-state index contributed by atoms with van der Waals surface area (Å²) in [7, 11) is 0. The molecule has 1 N–H and O–H groups in total. The average Bonchev–Trinajstić information content (AvgIpc) is 2.37. The molecule has 0 aromatic heterocycles. The van der Waals surface area contributed by atoms with Crippen LogP contribution in [-0.4, -0.2) is 5.11 Å². The summed E-state index contributed by atoms with van der Waals surface area (Å²) in [5.41, 5.74) is 2.94. The Morgan fingerprint density at radius 3 is 2.45 bits per heavy atom. The second-order valence-corrected chi connectivity index (χ2v) is 7.79. The minimum Gasteiger partial charge on any atom is -0.388 e. The molecule has 1 heteroatoms. The van der Waals surface area contributed by atoms with Gasteiger partial charge in [0.15, 0.2) is 0 Å². The predicted molar refractivity (Wildman–Crippen MR) is 85.7 cm³/mol. The van der Waals surface area contributed by atoms with E-state index >= 15 is 0 Å². The Kier molecular flexibility index (Phi) is 4.90. The van der Waals surface area contributed by atoms with Gasteiger partial charge in [-0.25, -0.2) is 0 Å². The number of benzene rings is 1. The van der Waals surface area contributed by atoms with E-state index in [9.17, 15) is 5.11 Å². The van der Waals surface area contributed by atoms with Crippen LogP contribution >= 0.6 is 0 Å². The lowest BCUT2D eigenvalue weighted by Gasteiger charge is -2.36. The van der Waals surface area contributed by atoms with Gasteiger partial charge in [-0.2, -0.15) is 0 Å². The Balaban J connectivity index is 2.04. The van der Waals surface area contributed by atoms with Gasteiger partial charge >= 0.3 is 0 Å². The van der Waals surface area contributed by atoms with Gasteiger partial charge in [-0.05, 0) is 60.5 Å². The molecule has 1 aliphatic carbocycles. The minimum atomic E-state index is -0.279. The Labute approximate surface area is 124 Å². The maximum atomic E-state index is 10.7. The first-order chi connectivity index (χ1) is 9.37. The average molecular weight is 274 g/mol. The third-order valence-corrected chi connectivity index (χ3v) is 4.77. The second-order valence-electron chi connectivity index (χ2n) is 7.79. The van der Waals surface area contributed by atoms with Crippen LogP contribution in [0.3, 0.4) is 0 Å². The van der Waals surface area contributed by atoms with Crippen molar-refractivity contribution in [3.63, 3.8) is 0 Å². The van der Waals surface area contributed by atoms with E-state index in [1.807, 2.05) is 0 Å². The lowest BCUT2D eigenvalue weighted by atomic mass is 9.71. The second kappa shape index (κ2) is 6.30. The summed E-state index contributed by atoms with van der Waals surface area (Å²) >= 11 is 0. The number of aliphatic hydroxyl groups is 1. The minimum absolute atomic E-state index is 0.279. The van der Waals surface area contributed by atoms with Crippen LogP contribution in [0.15, 0.2) is 24.3 Å². The summed E-state index contributed by atoms with van der Waals surface area (Å²) in [6.07, 6.45) is 5.60. The van der Waals surface area contributed by atoms with Gasteiger partial charge < -0.3 is 5.11 Å². The fraction of sp³-hybridized carbons (Fsp3) is 0.684. The van der Waals surface area contributed by atoms with Crippen LogP contribution in [0.25, 0.3) is 0 Å². The van der Waals surface area contributed by atoms with Gasteiger partial charge in [0.05, 0.1) is 6.10 Å². The lowest BCUT2D eigenvalue weighted by Crippen LogP contribution is -2.25. The highest BCUT2D eigenvalue weighted by atomic mass is 16.3. The van der Waals surface area contributed by atoms with E-state index in [2.05, 4.69) is 52.0 Å². The fourth-order valence-electron chi connectivity index (χ4n) is 3.38. The van der Waals surface area contributed by atoms with E-state index in [-0.39, 0.29) is 6.10 Å². The van der Waals surface area contributed by atoms with E-state index < -0.39 is 0 Å². The SMILES string of the molecule is CC(C)Cc1cccc(C(O)C2CCC(C)(C)CC2)c1. The number of aliphatic hydroxyl groups excluding tert-OH is 1. The van der Waals surface area contributed by atoms with E-state index in [0.29, 0.717) is 17.3 Å². The molecular weight excluding hydrogens is 244 g/mol. The van der Waals surface area contributed by atoms with Gasteiger partial charge in [-0.3, -0.25) is 0 Å². The van der Waals surface area contributed by atoms with E-state index in [1.54, 1.807) is 0 Å². The summed E-state index contributed by atoms with van der Waals surface area (Å²) in [6.45, 7) is 9.18. The standard InChI is InChI=1S/C19H30O/c1-14(2)12-15-6-5-7-17(13-15)18(20)16-8-10-19(3,4)11-9-16/h5-7,13-14,16,18,20H,8-12H2,1-4H3. The highest BCUT2D eigenvalue weighted by molar-refractivity contribution is 5.26. The van der Waals surface area contributed by atoms with Gasteiger partial charge in [-0.1, -0.05) is 52.0 Å². The number of hydrogen-bond acceptors (Lipinski definition) is 1. The van der Waals surface area contributed by atoms with Gasteiger partial charge in [0, 0.05) is 0 Å². The molecule has 0 bridgehead atoms.